The molecule has 0 saturated heterocycles. The van der Waals surface area contributed by atoms with Crippen LogP contribution in [-0.4, -0.2) is 27.8 Å². The van der Waals surface area contributed by atoms with E-state index in [9.17, 15) is 9.59 Å². The Bertz CT molecular complexity index is 529. The Morgan fingerprint density at radius 3 is 1.00 bits per heavy atom. The molecule has 86 valence electrons. The van der Waals surface area contributed by atoms with Crippen molar-refractivity contribution in [1.29, 1.82) is 0 Å². The van der Waals surface area contributed by atoms with E-state index in [0.717, 1.165) is 0 Å². The summed E-state index contributed by atoms with van der Waals surface area (Å²) in [6.07, 6.45) is 0. The van der Waals surface area contributed by atoms with Gasteiger partial charge in [-0.1, -0.05) is 48.5 Å². The Morgan fingerprint density at radius 2 is 0.778 bits per heavy atom. The van der Waals surface area contributed by atoms with Crippen LogP contribution in [0.3, 0.4) is 0 Å². The molecule has 0 amide bonds. The SMILES string of the molecule is O=C1c2ccccc2C(=O)c2ccccc21.[O]=[AlH]. The molecule has 0 fully saturated rings. The third kappa shape index (κ3) is 1.86. The van der Waals surface area contributed by atoms with Gasteiger partial charge in [-0.15, -0.1) is 0 Å². The number of fused-ring (bicyclic) bond motifs is 2. The summed E-state index contributed by atoms with van der Waals surface area (Å²) in [5.74, 6) is -0.128. The van der Waals surface area contributed by atoms with Crippen molar-refractivity contribution in [3.63, 3.8) is 0 Å². The number of hydrogen-bond acceptors (Lipinski definition) is 3. The third-order valence-corrected chi connectivity index (χ3v) is 2.83. The molecule has 0 atom stereocenters. The number of ketones is 2. The molecule has 0 N–H and O–H groups in total. The zero-order valence-electron chi connectivity index (χ0n) is 9.55. The van der Waals surface area contributed by atoms with Gasteiger partial charge in [-0.05, 0) is 0 Å². The van der Waals surface area contributed by atoms with Crippen molar-refractivity contribution >= 4 is 27.8 Å². The van der Waals surface area contributed by atoms with Gasteiger partial charge in [-0.25, -0.2) is 0 Å². The van der Waals surface area contributed by atoms with Gasteiger partial charge in [-0.3, -0.25) is 9.59 Å². The van der Waals surface area contributed by atoms with Crippen LogP contribution in [0.15, 0.2) is 48.5 Å². The van der Waals surface area contributed by atoms with Gasteiger partial charge in [-0.2, -0.15) is 0 Å². The standard InChI is InChI=1S/C14H8O2.Al.O.H/c15-13-9-5-1-2-6-10(9)14(16)12-8-4-3-7-11(12)13;;;/h1-8H;;;. The number of benzene rings is 2. The monoisotopic (exact) mass is 252 g/mol. The van der Waals surface area contributed by atoms with Crippen molar-refractivity contribution in [2.24, 2.45) is 0 Å². The maximum absolute atomic E-state index is 12.1. The van der Waals surface area contributed by atoms with E-state index in [1.807, 2.05) is 0 Å². The van der Waals surface area contributed by atoms with Crippen LogP contribution in [0.4, 0.5) is 0 Å². The van der Waals surface area contributed by atoms with Gasteiger partial charge in [0.2, 0.25) is 0 Å². The van der Waals surface area contributed by atoms with Gasteiger partial charge < -0.3 is 0 Å². The third-order valence-electron chi connectivity index (χ3n) is 2.83. The molecule has 3 rings (SSSR count). The second-order valence-electron chi connectivity index (χ2n) is 3.75. The molecule has 0 aromatic heterocycles. The van der Waals surface area contributed by atoms with E-state index < -0.39 is 0 Å². The summed E-state index contributed by atoms with van der Waals surface area (Å²) in [7, 11) is 0. The first-order valence-corrected chi connectivity index (χ1v) is 5.93. The second-order valence-corrected chi connectivity index (χ2v) is 3.75. The van der Waals surface area contributed by atoms with Crippen LogP contribution in [0.5, 0.6) is 0 Å². The fraction of sp³-hybridized carbons (Fsp3) is 0. The normalized spacial score (nSPS) is 11.9. The summed E-state index contributed by atoms with van der Waals surface area (Å²) in [5.41, 5.74) is 2.02. The van der Waals surface area contributed by atoms with Gasteiger partial charge >= 0.3 is 20.0 Å². The molecule has 2 aromatic rings. The summed E-state index contributed by atoms with van der Waals surface area (Å²) in [5, 5.41) is 0. The van der Waals surface area contributed by atoms with Crippen LogP contribution in [0.1, 0.15) is 31.8 Å². The quantitative estimate of drug-likeness (QED) is 0.572. The molecular weight excluding hydrogens is 243 g/mol. The van der Waals surface area contributed by atoms with Crippen LogP contribution in [0, 0.1) is 0 Å². The number of carbonyl (C=O) groups is 2. The van der Waals surface area contributed by atoms with Crippen molar-refractivity contribution in [2.75, 3.05) is 0 Å². The second kappa shape index (κ2) is 5.18. The molecule has 0 saturated carbocycles. The minimum absolute atomic E-state index is 0.0641. The van der Waals surface area contributed by atoms with Gasteiger partial charge in [0.05, 0.1) is 0 Å². The molecule has 0 spiro atoms. The average Bonchev–Trinajstić information content (AvgIpc) is 2.47. The van der Waals surface area contributed by atoms with Crippen LogP contribution >= 0.6 is 0 Å². The van der Waals surface area contributed by atoms with Crippen LogP contribution in [-0.2, 0) is 3.80 Å². The zero-order chi connectivity index (χ0) is 13.1. The summed E-state index contributed by atoms with van der Waals surface area (Å²) >= 11 is 0.611. The van der Waals surface area contributed by atoms with Gasteiger partial charge in [0.25, 0.3) is 0 Å². The van der Waals surface area contributed by atoms with Crippen LogP contribution in [0.2, 0.25) is 0 Å². The molecule has 0 heterocycles. The van der Waals surface area contributed by atoms with Crippen molar-refractivity contribution in [3.05, 3.63) is 70.8 Å². The zero-order valence-corrected chi connectivity index (χ0v) is 11.0. The van der Waals surface area contributed by atoms with Gasteiger partial charge in [0.15, 0.2) is 11.6 Å². The van der Waals surface area contributed by atoms with Crippen molar-refractivity contribution < 1.29 is 13.4 Å². The van der Waals surface area contributed by atoms with E-state index >= 15 is 0 Å². The van der Waals surface area contributed by atoms with E-state index in [1.165, 1.54) is 0 Å². The molecule has 1 aliphatic rings. The first kappa shape index (κ1) is 12.6. The number of hydrogen-bond donors (Lipinski definition) is 0. The Balaban J connectivity index is 0.000000574. The topological polar surface area (TPSA) is 51.2 Å². The van der Waals surface area contributed by atoms with Gasteiger partial charge in [0, 0.05) is 22.3 Å². The van der Waals surface area contributed by atoms with Crippen LogP contribution < -0.4 is 0 Å². The number of carbonyl (C=O) groups excluding carboxylic acids is 2. The van der Waals surface area contributed by atoms with E-state index in [4.69, 9.17) is 3.80 Å². The van der Waals surface area contributed by atoms with E-state index in [1.54, 1.807) is 48.5 Å². The molecule has 4 heteroatoms. The molecule has 18 heavy (non-hydrogen) atoms. The number of rotatable bonds is 0. The van der Waals surface area contributed by atoms with Gasteiger partial charge in [0.1, 0.15) is 0 Å². The predicted molar refractivity (Wildman–Crippen MR) is 67.6 cm³/mol. The summed E-state index contributed by atoms with van der Waals surface area (Å²) < 4.78 is 8.28. The molecule has 0 aliphatic heterocycles. The molecule has 2 aromatic carbocycles. The molecule has 1 aliphatic carbocycles. The maximum atomic E-state index is 12.1. The van der Waals surface area contributed by atoms with Crippen molar-refractivity contribution in [3.8, 4) is 0 Å². The first-order chi connectivity index (χ1) is 8.79. The molecule has 0 unspecified atom stereocenters. The molecular formula is C14H9AlO3. The minimum atomic E-state index is -0.0641. The summed E-state index contributed by atoms with van der Waals surface area (Å²) in [6.45, 7) is 0. The Morgan fingerprint density at radius 1 is 0.556 bits per heavy atom. The Kier molecular flexibility index (Phi) is 3.61. The Hall–Kier alpha value is -1.89. The van der Waals surface area contributed by atoms with E-state index in [-0.39, 0.29) is 11.6 Å². The fourth-order valence-corrected chi connectivity index (χ4v) is 2.05. The molecule has 0 bridgehead atoms. The van der Waals surface area contributed by atoms with Crippen molar-refractivity contribution in [1.82, 2.24) is 0 Å². The Labute approximate surface area is 112 Å². The van der Waals surface area contributed by atoms with E-state index in [2.05, 4.69) is 0 Å². The molecule has 3 nitrogen and oxygen atoms in total. The summed E-state index contributed by atoms with van der Waals surface area (Å²) in [4.78, 5) is 24.2. The van der Waals surface area contributed by atoms with Crippen molar-refractivity contribution in [2.45, 2.75) is 0 Å². The molecule has 0 radical (unpaired) electrons. The summed E-state index contributed by atoms with van der Waals surface area (Å²) in [6, 6.07) is 13.9. The predicted octanol–water partition coefficient (Wildman–Crippen LogP) is 1.69. The average molecular weight is 252 g/mol. The van der Waals surface area contributed by atoms with E-state index in [0.29, 0.717) is 38.5 Å². The van der Waals surface area contributed by atoms with Crippen LogP contribution in [0.25, 0.3) is 0 Å². The first-order valence-electron chi connectivity index (χ1n) is 5.35. The fourth-order valence-electron chi connectivity index (χ4n) is 2.05.